The molecule has 0 spiro atoms. The summed E-state index contributed by atoms with van der Waals surface area (Å²) in [5.41, 5.74) is 1.23. The van der Waals surface area contributed by atoms with Crippen LogP contribution in [0.2, 0.25) is 0 Å². The van der Waals surface area contributed by atoms with Gasteiger partial charge in [-0.1, -0.05) is 0 Å². The Bertz CT molecular complexity index is 744. The van der Waals surface area contributed by atoms with Gasteiger partial charge in [0.1, 0.15) is 34.3 Å². The van der Waals surface area contributed by atoms with Crippen molar-refractivity contribution in [3.8, 4) is 17.2 Å². The summed E-state index contributed by atoms with van der Waals surface area (Å²) in [6.07, 6.45) is 0.776. The Morgan fingerprint density at radius 2 is 2.05 bits per heavy atom. The Hall–Kier alpha value is -2.17. The summed E-state index contributed by atoms with van der Waals surface area (Å²) in [6.45, 7) is 3.69. The first-order valence-corrected chi connectivity index (χ1v) is 6.44. The molecule has 0 N–H and O–H groups in total. The average molecular weight is 276 g/mol. The number of ether oxygens (including phenoxy) is 3. The highest BCUT2D eigenvalue weighted by atomic mass is 16.5. The van der Waals surface area contributed by atoms with Gasteiger partial charge >= 0.3 is 0 Å². The number of rotatable bonds is 2. The molecule has 1 aliphatic heterocycles. The van der Waals surface area contributed by atoms with Crippen molar-refractivity contribution >= 4 is 11.0 Å². The molecule has 1 aromatic carbocycles. The largest absolute Gasteiger partial charge is 0.496 e. The van der Waals surface area contributed by atoms with Crippen LogP contribution in [-0.2, 0) is 6.42 Å². The molecule has 0 radical (unpaired) electrons. The third-order valence-electron chi connectivity index (χ3n) is 3.56. The van der Waals surface area contributed by atoms with Crippen LogP contribution in [0.4, 0.5) is 0 Å². The minimum atomic E-state index is -0.217. The number of aryl methyl sites for hydroxylation is 1. The molecule has 5 heteroatoms. The molecule has 0 saturated heterocycles. The molecule has 0 aliphatic carbocycles. The monoisotopic (exact) mass is 276 g/mol. The molecule has 5 nitrogen and oxygen atoms in total. The fourth-order valence-electron chi connectivity index (χ4n) is 2.70. The minimum absolute atomic E-state index is 0.0630. The lowest BCUT2D eigenvalue weighted by molar-refractivity contribution is 0.254. The highest BCUT2D eigenvalue weighted by Crippen LogP contribution is 2.40. The molecule has 2 heterocycles. The van der Waals surface area contributed by atoms with Crippen molar-refractivity contribution in [2.45, 2.75) is 26.4 Å². The van der Waals surface area contributed by atoms with Crippen LogP contribution >= 0.6 is 0 Å². The maximum atomic E-state index is 12.5. The Morgan fingerprint density at radius 3 is 2.70 bits per heavy atom. The second-order valence-electron chi connectivity index (χ2n) is 4.91. The van der Waals surface area contributed by atoms with Crippen LogP contribution in [0, 0.1) is 6.92 Å². The molecule has 1 aromatic heterocycles. The van der Waals surface area contributed by atoms with Gasteiger partial charge in [0, 0.05) is 18.1 Å². The number of fused-ring (bicyclic) bond motifs is 3. The Labute approximate surface area is 116 Å². The van der Waals surface area contributed by atoms with Crippen molar-refractivity contribution < 1.29 is 18.6 Å². The molecule has 0 bridgehead atoms. The van der Waals surface area contributed by atoms with E-state index in [1.54, 1.807) is 13.0 Å². The lowest BCUT2D eigenvalue weighted by Crippen LogP contribution is -2.09. The second kappa shape index (κ2) is 4.44. The van der Waals surface area contributed by atoms with Crippen molar-refractivity contribution in [1.82, 2.24) is 0 Å². The third-order valence-corrected chi connectivity index (χ3v) is 3.56. The first-order chi connectivity index (χ1) is 9.56. The summed E-state index contributed by atoms with van der Waals surface area (Å²) in [6, 6.07) is 1.74. The molecule has 2 aromatic rings. The normalized spacial score (nSPS) is 16.9. The second-order valence-corrected chi connectivity index (χ2v) is 4.91. The lowest BCUT2D eigenvalue weighted by Gasteiger charge is -2.11. The predicted molar refractivity (Wildman–Crippen MR) is 74.1 cm³/mol. The van der Waals surface area contributed by atoms with Gasteiger partial charge in [0.15, 0.2) is 0 Å². The Kier molecular flexibility index (Phi) is 2.85. The quantitative estimate of drug-likeness (QED) is 0.843. The van der Waals surface area contributed by atoms with E-state index >= 15 is 0 Å². The number of methoxy groups -OCH3 is 2. The topological polar surface area (TPSA) is 57.9 Å². The molecule has 0 amide bonds. The molecular formula is C15H16O5. The summed E-state index contributed by atoms with van der Waals surface area (Å²) in [5, 5.41) is 0.409. The number of hydrogen-bond donors (Lipinski definition) is 0. The van der Waals surface area contributed by atoms with Crippen molar-refractivity contribution in [1.29, 1.82) is 0 Å². The molecule has 3 rings (SSSR count). The predicted octanol–water partition coefficient (Wildman–Crippen LogP) is 2.44. The summed E-state index contributed by atoms with van der Waals surface area (Å²) in [5.74, 6) is 1.83. The zero-order valence-electron chi connectivity index (χ0n) is 11.9. The zero-order valence-corrected chi connectivity index (χ0v) is 11.9. The SMILES string of the molecule is COc1c(C)oc2c3c(cc(OC)c2c1=O)O[C@@H](C)C3. The first-order valence-electron chi connectivity index (χ1n) is 6.44. The van der Waals surface area contributed by atoms with Crippen LogP contribution < -0.4 is 19.6 Å². The molecule has 20 heavy (non-hydrogen) atoms. The summed E-state index contributed by atoms with van der Waals surface area (Å²) in [4.78, 5) is 12.5. The van der Waals surface area contributed by atoms with Crippen molar-refractivity contribution in [2.75, 3.05) is 14.2 Å². The van der Waals surface area contributed by atoms with E-state index < -0.39 is 0 Å². The van der Waals surface area contributed by atoms with Gasteiger partial charge in [-0.25, -0.2) is 0 Å². The van der Waals surface area contributed by atoms with E-state index in [-0.39, 0.29) is 17.3 Å². The highest BCUT2D eigenvalue weighted by molar-refractivity contribution is 5.90. The van der Waals surface area contributed by atoms with E-state index in [9.17, 15) is 4.79 Å². The fraction of sp³-hybridized carbons (Fsp3) is 0.400. The standard InChI is InChI=1S/C15H16O5/c1-7-5-9-10(19-7)6-11(17-3)12-13(16)14(18-4)8(2)20-15(9)12/h6-7H,5H2,1-4H3/t7-/m0/s1. The summed E-state index contributed by atoms with van der Waals surface area (Å²) in [7, 11) is 2.97. The molecule has 106 valence electrons. The smallest absolute Gasteiger partial charge is 0.238 e. The maximum Gasteiger partial charge on any atom is 0.238 e. The van der Waals surface area contributed by atoms with E-state index in [2.05, 4.69) is 0 Å². The van der Waals surface area contributed by atoms with Crippen LogP contribution in [0.25, 0.3) is 11.0 Å². The molecule has 0 saturated carbocycles. The van der Waals surface area contributed by atoms with Crippen LogP contribution in [-0.4, -0.2) is 20.3 Å². The first kappa shape index (κ1) is 12.8. The highest BCUT2D eigenvalue weighted by Gasteiger charge is 2.28. The number of hydrogen-bond acceptors (Lipinski definition) is 5. The van der Waals surface area contributed by atoms with E-state index in [0.717, 1.165) is 11.3 Å². The van der Waals surface area contributed by atoms with Gasteiger partial charge in [-0.05, 0) is 13.8 Å². The van der Waals surface area contributed by atoms with Gasteiger partial charge in [-0.15, -0.1) is 0 Å². The minimum Gasteiger partial charge on any atom is -0.496 e. The van der Waals surface area contributed by atoms with Crippen LogP contribution in [0.3, 0.4) is 0 Å². The molecule has 1 atom stereocenters. The van der Waals surface area contributed by atoms with Crippen molar-refractivity contribution in [3.63, 3.8) is 0 Å². The molecule has 0 fully saturated rings. The van der Waals surface area contributed by atoms with Gasteiger partial charge in [0.2, 0.25) is 11.2 Å². The van der Waals surface area contributed by atoms with E-state index in [4.69, 9.17) is 18.6 Å². The van der Waals surface area contributed by atoms with E-state index in [1.165, 1.54) is 14.2 Å². The van der Waals surface area contributed by atoms with Gasteiger partial charge < -0.3 is 18.6 Å². The maximum absolute atomic E-state index is 12.5. The van der Waals surface area contributed by atoms with Crippen molar-refractivity contribution in [3.05, 3.63) is 27.6 Å². The zero-order chi connectivity index (χ0) is 14.4. The lowest BCUT2D eigenvalue weighted by atomic mass is 10.0. The Balaban J connectivity index is 2.46. The summed E-state index contributed by atoms with van der Waals surface area (Å²) < 4.78 is 22.0. The van der Waals surface area contributed by atoms with Gasteiger partial charge in [-0.3, -0.25) is 4.79 Å². The van der Waals surface area contributed by atoms with Crippen LogP contribution in [0.1, 0.15) is 18.2 Å². The van der Waals surface area contributed by atoms with Crippen LogP contribution in [0.5, 0.6) is 17.2 Å². The van der Waals surface area contributed by atoms with Gasteiger partial charge in [0.05, 0.1) is 14.2 Å². The molecular weight excluding hydrogens is 260 g/mol. The van der Waals surface area contributed by atoms with E-state index in [0.29, 0.717) is 28.9 Å². The Morgan fingerprint density at radius 1 is 1.30 bits per heavy atom. The average Bonchev–Trinajstić information content (AvgIpc) is 2.78. The van der Waals surface area contributed by atoms with Gasteiger partial charge in [-0.2, -0.15) is 0 Å². The van der Waals surface area contributed by atoms with E-state index in [1.807, 2.05) is 6.92 Å². The molecule has 0 unspecified atom stereocenters. The van der Waals surface area contributed by atoms with Crippen molar-refractivity contribution in [2.24, 2.45) is 0 Å². The fourth-order valence-corrected chi connectivity index (χ4v) is 2.70. The number of benzene rings is 1. The van der Waals surface area contributed by atoms with Gasteiger partial charge in [0.25, 0.3) is 0 Å². The third kappa shape index (κ3) is 1.66. The molecule has 1 aliphatic rings. The summed E-state index contributed by atoms with van der Waals surface area (Å²) >= 11 is 0. The van der Waals surface area contributed by atoms with Crippen LogP contribution in [0.15, 0.2) is 15.3 Å².